The van der Waals surface area contributed by atoms with Crippen molar-refractivity contribution in [3.05, 3.63) is 29.3 Å². The summed E-state index contributed by atoms with van der Waals surface area (Å²) in [4.78, 5) is 4.13. The van der Waals surface area contributed by atoms with Crippen molar-refractivity contribution in [3.63, 3.8) is 0 Å². The third kappa shape index (κ3) is 11.5. The largest absolute Gasteiger partial charge is 0.489 e. The molecule has 2 unspecified atom stereocenters. The van der Waals surface area contributed by atoms with E-state index in [1.807, 2.05) is 26.0 Å². The maximum Gasteiger partial charge on any atom is 0.191 e. The van der Waals surface area contributed by atoms with Gasteiger partial charge in [-0.3, -0.25) is 4.99 Å². The number of halogens is 2. The molecule has 0 bridgehead atoms. The van der Waals surface area contributed by atoms with E-state index in [0.29, 0.717) is 29.7 Å². The van der Waals surface area contributed by atoms with Crippen molar-refractivity contribution >= 4 is 51.4 Å². The molecule has 0 aliphatic carbocycles. The van der Waals surface area contributed by atoms with Gasteiger partial charge in [0, 0.05) is 24.4 Å². The predicted octanol–water partition coefficient (Wildman–Crippen LogP) is 2.71. The molecule has 0 aliphatic heterocycles. The predicted molar refractivity (Wildman–Crippen MR) is 115 cm³/mol. The van der Waals surface area contributed by atoms with Crippen LogP contribution in [-0.4, -0.2) is 52.1 Å². The molecule has 1 aromatic carbocycles. The fourth-order valence-corrected chi connectivity index (χ4v) is 2.91. The first-order valence-electron chi connectivity index (χ1n) is 7.76. The van der Waals surface area contributed by atoms with Gasteiger partial charge in [-0.15, -0.1) is 24.0 Å². The molecule has 9 heteroatoms. The summed E-state index contributed by atoms with van der Waals surface area (Å²) in [6.45, 7) is 4.41. The molecule has 2 N–H and O–H groups in total. The summed E-state index contributed by atoms with van der Waals surface area (Å²) in [7, 11) is -1.29. The van der Waals surface area contributed by atoms with Gasteiger partial charge in [-0.2, -0.15) is 0 Å². The van der Waals surface area contributed by atoms with Gasteiger partial charge >= 0.3 is 0 Å². The van der Waals surface area contributed by atoms with E-state index < -0.39 is 9.84 Å². The van der Waals surface area contributed by atoms with Crippen molar-refractivity contribution in [2.75, 3.05) is 25.6 Å². The van der Waals surface area contributed by atoms with Gasteiger partial charge in [-0.25, -0.2) is 8.42 Å². The lowest BCUT2D eigenvalue weighted by Gasteiger charge is -2.20. The molecule has 144 valence electrons. The third-order valence-electron chi connectivity index (χ3n) is 3.22. The van der Waals surface area contributed by atoms with Crippen molar-refractivity contribution < 1.29 is 13.2 Å². The smallest absolute Gasteiger partial charge is 0.191 e. The van der Waals surface area contributed by atoms with Crippen LogP contribution in [0, 0.1) is 0 Å². The van der Waals surface area contributed by atoms with Gasteiger partial charge in [0.2, 0.25) is 0 Å². The van der Waals surface area contributed by atoms with E-state index in [-0.39, 0.29) is 41.9 Å². The summed E-state index contributed by atoms with van der Waals surface area (Å²) in [5.74, 6) is 1.46. The van der Waals surface area contributed by atoms with Crippen LogP contribution in [0.4, 0.5) is 0 Å². The molecule has 0 saturated carbocycles. The van der Waals surface area contributed by atoms with Crippen molar-refractivity contribution in [2.45, 2.75) is 32.4 Å². The molecule has 0 radical (unpaired) electrons. The molecule has 2 atom stereocenters. The molecule has 0 heterocycles. The molecule has 25 heavy (non-hydrogen) atoms. The van der Waals surface area contributed by atoms with E-state index in [9.17, 15) is 8.42 Å². The average Bonchev–Trinajstić information content (AvgIpc) is 2.48. The monoisotopic (exact) mass is 503 g/mol. The Balaban J connectivity index is 0.00000576. The number of ether oxygens (including phenoxy) is 1. The first kappa shape index (κ1) is 24.3. The summed E-state index contributed by atoms with van der Waals surface area (Å²) in [5.41, 5.74) is 0. The van der Waals surface area contributed by atoms with Crippen LogP contribution >= 0.6 is 35.6 Å². The summed E-state index contributed by atoms with van der Waals surface area (Å²) in [5, 5.41) is 6.96. The lowest BCUT2D eigenvalue weighted by molar-refractivity contribution is 0.223. The molecule has 0 amide bonds. The lowest BCUT2D eigenvalue weighted by atomic mass is 10.3. The molecule has 1 aromatic rings. The second kappa shape index (κ2) is 11.8. The van der Waals surface area contributed by atoms with E-state index >= 15 is 0 Å². The quantitative estimate of drug-likeness (QED) is 0.324. The highest BCUT2D eigenvalue weighted by molar-refractivity contribution is 14.0. The van der Waals surface area contributed by atoms with Crippen molar-refractivity contribution in [1.82, 2.24) is 10.6 Å². The summed E-state index contributed by atoms with van der Waals surface area (Å²) < 4.78 is 28.2. The number of rotatable bonds is 8. The maximum absolute atomic E-state index is 11.2. The van der Waals surface area contributed by atoms with Gasteiger partial charge in [0.15, 0.2) is 5.96 Å². The highest BCUT2D eigenvalue weighted by atomic mass is 127. The minimum Gasteiger partial charge on any atom is -0.489 e. The lowest BCUT2D eigenvalue weighted by Crippen LogP contribution is -2.45. The van der Waals surface area contributed by atoms with Crippen LogP contribution in [0.1, 0.15) is 20.3 Å². The van der Waals surface area contributed by atoms with Crippen LogP contribution < -0.4 is 15.4 Å². The number of nitrogens with zero attached hydrogens (tertiary/aromatic N) is 1. The van der Waals surface area contributed by atoms with E-state index in [1.165, 1.54) is 6.26 Å². The SMILES string of the molecule is CN=C(NCC(C)Oc1cccc(Cl)c1)NC(C)CCS(C)(=O)=O.I. The second-order valence-electron chi connectivity index (χ2n) is 5.80. The Hall–Kier alpha value is -0.740. The van der Waals surface area contributed by atoms with Crippen LogP contribution in [0.25, 0.3) is 0 Å². The number of aliphatic imine (C=N–C) groups is 1. The number of hydrogen-bond acceptors (Lipinski definition) is 4. The molecule has 0 saturated heterocycles. The molecule has 1 rings (SSSR count). The van der Waals surface area contributed by atoms with Crippen LogP contribution in [0.2, 0.25) is 5.02 Å². The Bertz CT molecular complexity index is 656. The van der Waals surface area contributed by atoms with Crippen LogP contribution in [0.15, 0.2) is 29.3 Å². The Morgan fingerprint density at radius 1 is 1.36 bits per heavy atom. The van der Waals surface area contributed by atoms with Gasteiger partial charge in [0.1, 0.15) is 21.7 Å². The van der Waals surface area contributed by atoms with Crippen LogP contribution in [-0.2, 0) is 9.84 Å². The second-order valence-corrected chi connectivity index (χ2v) is 8.50. The molecule has 0 aromatic heterocycles. The average molecular weight is 504 g/mol. The van der Waals surface area contributed by atoms with Crippen molar-refractivity contribution in [1.29, 1.82) is 0 Å². The van der Waals surface area contributed by atoms with E-state index in [0.717, 1.165) is 0 Å². The van der Waals surface area contributed by atoms with Gasteiger partial charge in [0.05, 0.1) is 12.3 Å². The minimum absolute atomic E-state index is 0. The van der Waals surface area contributed by atoms with E-state index in [4.69, 9.17) is 16.3 Å². The fraction of sp³-hybridized carbons (Fsp3) is 0.562. The molecule has 6 nitrogen and oxygen atoms in total. The number of nitrogens with one attached hydrogen (secondary N) is 2. The van der Waals surface area contributed by atoms with Crippen LogP contribution in [0.3, 0.4) is 0 Å². The number of sulfone groups is 1. The number of benzene rings is 1. The molecular formula is C16H27ClIN3O3S. The highest BCUT2D eigenvalue weighted by Gasteiger charge is 2.11. The Labute approximate surface area is 172 Å². The number of hydrogen-bond donors (Lipinski definition) is 2. The Kier molecular flexibility index (Phi) is 11.4. The number of guanidine groups is 1. The normalized spacial score (nSPS) is 14.2. The highest BCUT2D eigenvalue weighted by Crippen LogP contribution is 2.18. The maximum atomic E-state index is 11.2. The summed E-state index contributed by atoms with van der Waals surface area (Å²) in [6.07, 6.45) is 1.67. The first-order chi connectivity index (χ1) is 11.2. The molecule has 0 aliphatic rings. The molecule has 0 spiro atoms. The van der Waals surface area contributed by atoms with Crippen molar-refractivity contribution in [2.24, 2.45) is 4.99 Å². The van der Waals surface area contributed by atoms with Gasteiger partial charge in [-0.1, -0.05) is 17.7 Å². The molecular weight excluding hydrogens is 477 g/mol. The topological polar surface area (TPSA) is 79.8 Å². The standard InChI is InChI=1S/C16H26ClN3O3S.HI/c1-12(8-9-24(4,21)22)20-16(18-3)19-11-13(2)23-15-7-5-6-14(17)10-15;/h5-7,10,12-13H,8-9,11H2,1-4H3,(H2,18,19,20);1H. The minimum atomic E-state index is -2.96. The fourth-order valence-electron chi connectivity index (χ4n) is 1.95. The zero-order chi connectivity index (χ0) is 18.2. The van der Waals surface area contributed by atoms with Gasteiger partial charge in [-0.05, 0) is 38.5 Å². The van der Waals surface area contributed by atoms with E-state index in [1.54, 1.807) is 19.2 Å². The zero-order valence-electron chi connectivity index (χ0n) is 15.0. The first-order valence-corrected chi connectivity index (χ1v) is 10.2. The Morgan fingerprint density at radius 3 is 2.60 bits per heavy atom. The third-order valence-corrected chi connectivity index (χ3v) is 4.43. The van der Waals surface area contributed by atoms with Crippen molar-refractivity contribution in [3.8, 4) is 5.75 Å². The Morgan fingerprint density at radius 2 is 2.04 bits per heavy atom. The van der Waals surface area contributed by atoms with Crippen LogP contribution in [0.5, 0.6) is 5.75 Å². The van der Waals surface area contributed by atoms with Gasteiger partial charge in [0.25, 0.3) is 0 Å². The van der Waals surface area contributed by atoms with E-state index in [2.05, 4.69) is 15.6 Å². The van der Waals surface area contributed by atoms with Gasteiger partial charge < -0.3 is 15.4 Å². The molecule has 0 fully saturated rings. The zero-order valence-corrected chi connectivity index (χ0v) is 18.9. The summed E-state index contributed by atoms with van der Waals surface area (Å²) >= 11 is 5.93. The summed E-state index contributed by atoms with van der Waals surface area (Å²) in [6, 6.07) is 7.24.